The van der Waals surface area contributed by atoms with E-state index >= 15 is 0 Å². The van der Waals surface area contributed by atoms with Gasteiger partial charge in [0.2, 0.25) is 6.41 Å². The maximum Gasteiger partial charge on any atom is 0.257 e. The molecule has 2 aromatic rings. The Balaban J connectivity index is 1.68. The molecule has 0 saturated carbocycles. The third kappa shape index (κ3) is 4.45. The summed E-state index contributed by atoms with van der Waals surface area (Å²) >= 11 is 1.59. The highest BCUT2D eigenvalue weighted by atomic mass is 32.1. The van der Waals surface area contributed by atoms with Gasteiger partial charge in [-0.05, 0) is 49.8 Å². The molecule has 6 heteroatoms. The van der Waals surface area contributed by atoms with Gasteiger partial charge < -0.3 is 4.90 Å². The largest absolute Gasteiger partial charge is 0.341 e. The molecular weight excluding hydrogens is 334 g/mol. The molecule has 5 nitrogen and oxygen atoms in total. The van der Waals surface area contributed by atoms with E-state index in [2.05, 4.69) is 10.3 Å². The van der Waals surface area contributed by atoms with E-state index in [1.165, 1.54) is 17.7 Å². The van der Waals surface area contributed by atoms with Gasteiger partial charge >= 0.3 is 0 Å². The van der Waals surface area contributed by atoms with Crippen molar-refractivity contribution in [3.8, 4) is 0 Å². The lowest BCUT2D eigenvalue weighted by molar-refractivity contribution is -0.118. The number of hydrogen-bond acceptors (Lipinski definition) is 4. The molecule has 1 N–H and O–H groups in total. The number of aryl methyl sites for hydroxylation is 2. The molecule has 0 radical (unpaired) electrons. The van der Waals surface area contributed by atoms with Gasteiger partial charge in [0.05, 0.1) is 5.69 Å². The Hall–Kier alpha value is -2.21. The second-order valence-electron chi connectivity index (χ2n) is 6.33. The van der Waals surface area contributed by atoms with Crippen molar-refractivity contribution >= 4 is 28.8 Å². The van der Waals surface area contributed by atoms with Crippen molar-refractivity contribution in [3.63, 3.8) is 0 Å². The van der Waals surface area contributed by atoms with Gasteiger partial charge in [0.25, 0.3) is 5.91 Å². The fourth-order valence-corrected chi connectivity index (χ4v) is 4.12. The Bertz CT molecular complexity index is 733. The van der Waals surface area contributed by atoms with Crippen LogP contribution in [0, 0.1) is 0 Å². The number of nitrogens with zero attached hydrogens (tertiary/aromatic N) is 2. The molecule has 0 spiro atoms. The summed E-state index contributed by atoms with van der Waals surface area (Å²) in [5.74, 6) is -0.152. The van der Waals surface area contributed by atoms with Crippen LogP contribution in [0.15, 0.2) is 24.3 Å². The van der Waals surface area contributed by atoms with E-state index in [0.717, 1.165) is 36.9 Å². The molecule has 1 heterocycles. The molecule has 25 heavy (non-hydrogen) atoms. The highest BCUT2D eigenvalue weighted by Gasteiger charge is 2.17. The fourth-order valence-electron chi connectivity index (χ4n) is 3.08. The summed E-state index contributed by atoms with van der Waals surface area (Å²) in [5.41, 5.74) is 2.68. The number of hydrogen-bond donors (Lipinski definition) is 1. The van der Waals surface area contributed by atoms with Gasteiger partial charge in [-0.15, -0.1) is 11.3 Å². The predicted octanol–water partition coefficient (Wildman–Crippen LogP) is 3.64. The molecule has 1 aromatic carbocycles. The molecule has 2 amide bonds. The quantitative estimate of drug-likeness (QED) is 0.770. The van der Waals surface area contributed by atoms with E-state index in [4.69, 9.17) is 0 Å². The molecule has 0 saturated heterocycles. The van der Waals surface area contributed by atoms with Gasteiger partial charge in [-0.1, -0.05) is 19.1 Å². The molecule has 0 aliphatic heterocycles. The number of benzene rings is 1. The van der Waals surface area contributed by atoms with Crippen LogP contribution in [-0.2, 0) is 24.2 Å². The summed E-state index contributed by atoms with van der Waals surface area (Å²) in [6, 6.07) is 7.42. The minimum atomic E-state index is -0.152. The minimum Gasteiger partial charge on any atom is -0.341 e. The van der Waals surface area contributed by atoms with Gasteiger partial charge in [0.15, 0.2) is 5.13 Å². The number of thiazole rings is 1. The highest BCUT2D eigenvalue weighted by Crippen LogP contribution is 2.29. The Labute approximate surface area is 152 Å². The molecule has 0 atom stereocenters. The van der Waals surface area contributed by atoms with Crippen molar-refractivity contribution in [1.82, 2.24) is 9.88 Å². The maximum atomic E-state index is 12.5. The number of anilines is 1. The highest BCUT2D eigenvalue weighted by molar-refractivity contribution is 7.15. The topological polar surface area (TPSA) is 62.3 Å². The van der Waals surface area contributed by atoms with Gasteiger partial charge in [-0.2, -0.15) is 0 Å². The van der Waals surface area contributed by atoms with Gasteiger partial charge in [0, 0.05) is 23.5 Å². The molecule has 0 bridgehead atoms. The standard InChI is InChI=1S/C19H23N3O2S/c1-2-10-22(13-23)12-14-6-5-7-15(11-14)18(24)21-19-20-16-8-3-4-9-17(16)25-19/h5-7,11,13H,2-4,8-10,12H2,1H3,(H,20,21,24). The number of aromatic nitrogens is 1. The second-order valence-corrected chi connectivity index (χ2v) is 7.41. The summed E-state index contributed by atoms with van der Waals surface area (Å²) in [5, 5.41) is 3.60. The lowest BCUT2D eigenvalue weighted by Crippen LogP contribution is -2.22. The number of carbonyl (C=O) groups excluding carboxylic acids is 2. The van der Waals surface area contributed by atoms with Gasteiger partial charge in [0.1, 0.15) is 0 Å². The summed E-state index contributed by atoms with van der Waals surface area (Å²) in [6.07, 6.45) is 6.23. The number of carbonyl (C=O) groups is 2. The third-order valence-electron chi connectivity index (χ3n) is 4.30. The van der Waals surface area contributed by atoms with Crippen LogP contribution >= 0.6 is 11.3 Å². The SMILES string of the molecule is CCCN(C=O)Cc1cccc(C(=O)Nc2nc3c(s2)CCCC3)c1. The number of fused-ring (bicyclic) bond motifs is 1. The van der Waals surface area contributed by atoms with Crippen LogP contribution in [0.1, 0.15) is 52.7 Å². The number of amides is 2. The van der Waals surface area contributed by atoms with Crippen LogP contribution in [0.4, 0.5) is 5.13 Å². The van der Waals surface area contributed by atoms with Crippen LogP contribution in [0.3, 0.4) is 0 Å². The smallest absolute Gasteiger partial charge is 0.257 e. The Morgan fingerprint density at radius 2 is 2.20 bits per heavy atom. The maximum absolute atomic E-state index is 12.5. The zero-order chi connectivity index (χ0) is 17.6. The Morgan fingerprint density at radius 3 is 2.96 bits per heavy atom. The summed E-state index contributed by atoms with van der Waals surface area (Å²) in [7, 11) is 0. The summed E-state index contributed by atoms with van der Waals surface area (Å²) in [4.78, 5) is 31.2. The van der Waals surface area contributed by atoms with Crippen LogP contribution < -0.4 is 5.32 Å². The molecule has 132 valence electrons. The number of rotatable bonds is 7. The van der Waals surface area contributed by atoms with E-state index in [1.807, 2.05) is 25.1 Å². The predicted molar refractivity (Wildman–Crippen MR) is 99.9 cm³/mol. The van der Waals surface area contributed by atoms with Crippen LogP contribution in [0.5, 0.6) is 0 Å². The van der Waals surface area contributed by atoms with E-state index in [1.54, 1.807) is 22.3 Å². The molecule has 1 aliphatic rings. The van der Waals surface area contributed by atoms with Crippen molar-refractivity contribution in [2.75, 3.05) is 11.9 Å². The van der Waals surface area contributed by atoms with Crippen LogP contribution in [-0.4, -0.2) is 28.7 Å². The molecule has 3 rings (SSSR count). The first kappa shape index (κ1) is 17.6. The first-order chi connectivity index (χ1) is 12.2. The molecular formula is C19H23N3O2S. The molecule has 1 aliphatic carbocycles. The van der Waals surface area contributed by atoms with Crippen molar-refractivity contribution in [1.29, 1.82) is 0 Å². The fraction of sp³-hybridized carbons (Fsp3) is 0.421. The Morgan fingerprint density at radius 1 is 1.36 bits per heavy atom. The molecule has 0 fully saturated rings. The zero-order valence-corrected chi connectivity index (χ0v) is 15.3. The first-order valence-corrected chi connectivity index (χ1v) is 9.59. The normalized spacial score (nSPS) is 13.2. The average Bonchev–Trinajstić information content (AvgIpc) is 3.03. The lowest BCUT2D eigenvalue weighted by atomic mass is 10.0. The van der Waals surface area contributed by atoms with Crippen molar-refractivity contribution in [3.05, 3.63) is 46.0 Å². The number of nitrogens with one attached hydrogen (secondary N) is 1. The van der Waals surface area contributed by atoms with E-state index in [-0.39, 0.29) is 5.91 Å². The summed E-state index contributed by atoms with van der Waals surface area (Å²) in [6.45, 7) is 3.27. The van der Waals surface area contributed by atoms with Crippen LogP contribution in [0.25, 0.3) is 0 Å². The minimum absolute atomic E-state index is 0.152. The molecule has 0 unspecified atom stereocenters. The third-order valence-corrected chi connectivity index (χ3v) is 5.37. The van der Waals surface area contributed by atoms with E-state index < -0.39 is 0 Å². The first-order valence-electron chi connectivity index (χ1n) is 8.78. The van der Waals surface area contributed by atoms with Gasteiger partial charge in [-0.25, -0.2) is 4.98 Å². The average molecular weight is 357 g/mol. The van der Waals surface area contributed by atoms with Crippen LogP contribution in [0.2, 0.25) is 0 Å². The van der Waals surface area contributed by atoms with E-state index in [9.17, 15) is 9.59 Å². The monoisotopic (exact) mass is 357 g/mol. The summed E-state index contributed by atoms with van der Waals surface area (Å²) < 4.78 is 0. The van der Waals surface area contributed by atoms with Crippen molar-refractivity contribution in [2.24, 2.45) is 0 Å². The van der Waals surface area contributed by atoms with Crippen molar-refractivity contribution < 1.29 is 9.59 Å². The zero-order valence-electron chi connectivity index (χ0n) is 14.5. The Kier molecular flexibility index (Phi) is 5.81. The second kappa shape index (κ2) is 8.25. The van der Waals surface area contributed by atoms with Crippen molar-refractivity contribution in [2.45, 2.75) is 45.6 Å². The van der Waals surface area contributed by atoms with Gasteiger partial charge in [-0.3, -0.25) is 14.9 Å². The molecule has 1 aromatic heterocycles. The van der Waals surface area contributed by atoms with E-state index in [0.29, 0.717) is 23.8 Å². The lowest BCUT2D eigenvalue weighted by Gasteiger charge is -2.16.